The van der Waals surface area contributed by atoms with Crippen LogP contribution in [0.2, 0.25) is 0 Å². The lowest BCUT2D eigenvalue weighted by molar-refractivity contribution is -0.136. The van der Waals surface area contributed by atoms with Crippen molar-refractivity contribution in [2.45, 2.75) is 12.8 Å². The first-order valence-electron chi connectivity index (χ1n) is 9.21. The first-order chi connectivity index (χ1) is 15.6. The number of carbonyl (C=O) groups is 2. The summed E-state index contributed by atoms with van der Waals surface area (Å²) in [6.07, 6.45) is -0.478. The van der Waals surface area contributed by atoms with Gasteiger partial charge in [-0.05, 0) is 36.4 Å². The predicted octanol–water partition coefficient (Wildman–Crippen LogP) is 5.80. The maximum atomic E-state index is 13.5. The summed E-state index contributed by atoms with van der Waals surface area (Å²) in [5.74, 6) is -1.82. The molecule has 11 heteroatoms. The summed E-state index contributed by atoms with van der Waals surface area (Å²) in [4.78, 5) is 24.2. The maximum Gasteiger partial charge on any atom is 0.418 e. The van der Waals surface area contributed by atoms with Crippen LogP contribution in [0.3, 0.4) is 0 Å². The maximum absolute atomic E-state index is 13.5. The third-order valence-corrected chi connectivity index (χ3v) is 4.17. The molecule has 6 nitrogen and oxygen atoms in total. The highest BCUT2D eigenvalue weighted by molar-refractivity contribution is 6.05. The third kappa shape index (κ3) is 6.42. The van der Waals surface area contributed by atoms with Gasteiger partial charge in [-0.25, -0.2) is 0 Å². The van der Waals surface area contributed by atoms with Crippen molar-refractivity contribution < 1.29 is 40.7 Å². The number of carbonyl (C=O) groups excluding carboxylic acids is 2. The zero-order valence-electron chi connectivity index (χ0n) is 16.5. The normalized spacial score (nSPS) is 11.6. The molecule has 1 aromatic heterocycles. The van der Waals surface area contributed by atoms with Crippen molar-refractivity contribution in [2.75, 3.05) is 10.6 Å². The molecule has 0 radical (unpaired) electrons. The lowest BCUT2D eigenvalue weighted by atomic mass is 10.1. The number of halogens is 5. The van der Waals surface area contributed by atoms with Crippen LogP contribution in [0, 0.1) is 0 Å². The van der Waals surface area contributed by atoms with Gasteiger partial charge in [0, 0.05) is 17.3 Å². The van der Waals surface area contributed by atoms with Crippen LogP contribution in [0.5, 0.6) is 5.75 Å². The molecule has 2 aromatic carbocycles. The van der Waals surface area contributed by atoms with Crippen LogP contribution in [0.4, 0.5) is 33.3 Å². The van der Waals surface area contributed by atoms with Gasteiger partial charge < -0.3 is 19.8 Å². The Balaban J connectivity index is 1.78. The highest BCUT2D eigenvalue weighted by Gasteiger charge is 2.34. The van der Waals surface area contributed by atoms with Gasteiger partial charge in [-0.15, -0.1) is 0 Å². The molecule has 2 amide bonds. The molecule has 2 N–H and O–H groups in total. The van der Waals surface area contributed by atoms with Gasteiger partial charge in [-0.1, -0.05) is 18.2 Å². The molecule has 172 valence electrons. The quantitative estimate of drug-likeness (QED) is 0.341. The molecule has 0 fully saturated rings. The summed E-state index contributed by atoms with van der Waals surface area (Å²) in [6.45, 7) is -3.09. The molecule has 33 heavy (non-hydrogen) atoms. The Morgan fingerprint density at radius 2 is 1.79 bits per heavy atom. The van der Waals surface area contributed by atoms with Crippen LogP contribution >= 0.6 is 0 Å². The minimum Gasteiger partial charge on any atom is -0.472 e. The Kier molecular flexibility index (Phi) is 7.11. The number of hydrogen-bond acceptors (Lipinski definition) is 4. The fourth-order valence-electron chi connectivity index (χ4n) is 2.72. The van der Waals surface area contributed by atoms with E-state index in [1.54, 1.807) is 0 Å². The van der Waals surface area contributed by atoms with Gasteiger partial charge in [-0.3, -0.25) is 9.59 Å². The smallest absolute Gasteiger partial charge is 0.418 e. The minimum atomic E-state index is -4.85. The molecular formula is C22H15F5N2O4. The number of anilines is 2. The summed E-state index contributed by atoms with van der Waals surface area (Å²) >= 11 is 0. The molecule has 0 saturated carbocycles. The number of furan rings is 1. The molecular weight excluding hydrogens is 451 g/mol. The molecule has 0 bridgehead atoms. The van der Waals surface area contributed by atoms with Crippen molar-refractivity contribution in [1.82, 2.24) is 0 Å². The van der Waals surface area contributed by atoms with Gasteiger partial charge in [0.1, 0.15) is 12.0 Å². The lowest BCUT2D eigenvalue weighted by Gasteiger charge is -2.15. The van der Waals surface area contributed by atoms with E-state index < -0.39 is 35.9 Å². The lowest BCUT2D eigenvalue weighted by Crippen LogP contribution is -2.16. The molecule has 0 unspecified atom stereocenters. The average molecular weight is 466 g/mol. The summed E-state index contributed by atoms with van der Waals surface area (Å²) in [7, 11) is 0. The molecule has 3 aromatic rings. The Bertz CT molecular complexity index is 1160. The van der Waals surface area contributed by atoms with Gasteiger partial charge >= 0.3 is 12.8 Å². The van der Waals surface area contributed by atoms with E-state index in [1.807, 2.05) is 0 Å². The van der Waals surface area contributed by atoms with E-state index in [0.29, 0.717) is 6.07 Å². The Morgan fingerprint density at radius 1 is 1.03 bits per heavy atom. The van der Waals surface area contributed by atoms with Crippen LogP contribution in [0.1, 0.15) is 21.5 Å². The van der Waals surface area contributed by atoms with Crippen molar-refractivity contribution in [3.8, 4) is 5.75 Å². The number of benzene rings is 2. The molecule has 0 aliphatic carbocycles. The summed E-state index contributed by atoms with van der Waals surface area (Å²) in [5.41, 5.74) is -1.67. The fourth-order valence-corrected chi connectivity index (χ4v) is 2.72. The number of rotatable bonds is 7. The van der Waals surface area contributed by atoms with Gasteiger partial charge in [0.25, 0.3) is 5.91 Å². The number of para-hydroxylation sites is 1. The van der Waals surface area contributed by atoms with E-state index in [-0.39, 0.29) is 22.6 Å². The van der Waals surface area contributed by atoms with E-state index in [2.05, 4.69) is 15.4 Å². The fraction of sp³-hybridized carbons (Fsp3) is 0.0909. The largest absolute Gasteiger partial charge is 0.472 e. The van der Waals surface area contributed by atoms with Crippen LogP contribution in [-0.4, -0.2) is 18.4 Å². The monoisotopic (exact) mass is 466 g/mol. The highest BCUT2D eigenvalue weighted by atomic mass is 19.4. The van der Waals surface area contributed by atoms with Gasteiger partial charge in [0.15, 0.2) is 0 Å². The van der Waals surface area contributed by atoms with E-state index in [4.69, 9.17) is 4.42 Å². The Labute approximate surface area is 183 Å². The van der Waals surface area contributed by atoms with Crippen molar-refractivity contribution in [3.63, 3.8) is 0 Å². The minimum absolute atomic E-state index is 0.113. The molecule has 0 atom stereocenters. The Hall–Kier alpha value is -4.15. The van der Waals surface area contributed by atoms with Gasteiger partial charge in [0.05, 0.1) is 23.1 Å². The van der Waals surface area contributed by atoms with E-state index >= 15 is 0 Å². The van der Waals surface area contributed by atoms with Crippen molar-refractivity contribution in [1.29, 1.82) is 0 Å². The van der Waals surface area contributed by atoms with Crippen LogP contribution in [0.25, 0.3) is 6.08 Å². The standard InChI is InChI=1S/C22H15F5N2O4/c23-21(24)33-18-4-2-1-3-13(18)5-8-19(30)29-17-7-6-15(11-16(17)22(25,26)27)28-20(31)14-9-10-32-12-14/h1-12,21H,(H,28,31)(H,29,30)/b8-5+. The molecule has 0 saturated heterocycles. The van der Waals surface area contributed by atoms with Crippen molar-refractivity contribution in [2.24, 2.45) is 0 Å². The van der Waals surface area contributed by atoms with Crippen LogP contribution in [-0.2, 0) is 11.0 Å². The number of nitrogens with one attached hydrogen (secondary N) is 2. The van der Waals surface area contributed by atoms with E-state index in [9.17, 15) is 31.5 Å². The average Bonchev–Trinajstić information content (AvgIpc) is 3.28. The second kappa shape index (κ2) is 9.98. The number of ether oxygens (including phenoxy) is 1. The molecule has 0 aliphatic heterocycles. The predicted molar refractivity (Wildman–Crippen MR) is 109 cm³/mol. The zero-order chi connectivity index (χ0) is 24.0. The summed E-state index contributed by atoms with van der Waals surface area (Å²) < 4.78 is 74.6. The highest BCUT2D eigenvalue weighted by Crippen LogP contribution is 2.36. The molecule has 3 rings (SSSR count). The van der Waals surface area contributed by atoms with Gasteiger partial charge in [0.2, 0.25) is 5.91 Å². The first kappa shape index (κ1) is 23.5. The van der Waals surface area contributed by atoms with Gasteiger partial charge in [-0.2, -0.15) is 22.0 Å². The summed E-state index contributed by atoms with van der Waals surface area (Å²) in [6, 6.07) is 9.76. The first-order valence-corrected chi connectivity index (χ1v) is 9.21. The van der Waals surface area contributed by atoms with E-state index in [1.165, 1.54) is 42.7 Å². The second-order valence-corrected chi connectivity index (χ2v) is 6.46. The van der Waals surface area contributed by atoms with E-state index in [0.717, 1.165) is 24.5 Å². The third-order valence-electron chi connectivity index (χ3n) is 4.17. The summed E-state index contributed by atoms with van der Waals surface area (Å²) in [5, 5.41) is 4.40. The SMILES string of the molecule is O=C(/C=C/c1ccccc1OC(F)F)Nc1ccc(NC(=O)c2ccoc2)cc1C(F)(F)F. The molecule has 0 spiro atoms. The Morgan fingerprint density at radius 3 is 2.45 bits per heavy atom. The second-order valence-electron chi connectivity index (χ2n) is 6.46. The van der Waals surface area contributed by atoms with Crippen molar-refractivity contribution in [3.05, 3.63) is 83.8 Å². The van der Waals surface area contributed by atoms with Crippen molar-refractivity contribution >= 4 is 29.3 Å². The topological polar surface area (TPSA) is 80.6 Å². The number of hydrogen-bond donors (Lipinski definition) is 2. The van der Waals surface area contributed by atoms with Crippen LogP contribution in [0.15, 0.2) is 71.6 Å². The molecule has 1 heterocycles. The molecule has 0 aliphatic rings. The number of alkyl halides is 5. The zero-order valence-corrected chi connectivity index (χ0v) is 16.5. The van der Waals surface area contributed by atoms with Crippen LogP contribution < -0.4 is 15.4 Å². The number of amides is 2.